The molecule has 4 nitrogen and oxygen atoms in total. The number of imidazole rings is 1. The summed E-state index contributed by atoms with van der Waals surface area (Å²) in [5, 5.41) is 0. The van der Waals surface area contributed by atoms with Gasteiger partial charge in [0, 0.05) is 0 Å². The smallest absolute Gasteiger partial charge is 0.128 e. The molecule has 0 bridgehead atoms. The third kappa shape index (κ3) is 2.80. The SMILES string of the molecule is COc1ccc(-c2cnc(C(N)c3ccccc3)[nH]2)cc1. The van der Waals surface area contributed by atoms with Gasteiger partial charge in [-0.1, -0.05) is 30.3 Å². The highest BCUT2D eigenvalue weighted by molar-refractivity contribution is 5.59. The van der Waals surface area contributed by atoms with Crippen molar-refractivity contribution in [2.24, 2.45) is 5.73 Å². The van der Waals surface area contributed by atoms with Gasteiger partial charge in [0.1, 0.15) is 11.6 Å². The second-order valence-electron chi connectivity index (χ2n) is 4.80. The third-order valence-electron chi connectivity index (χ3n) is 3.45. The molecule has 0 aliphatic heterocycles. The van der Waals surface area contributed by atoms with E-state index < -0.39 is 0 Å². The number of rotatable bonds is 4. The Labute approximate surface area is 123 Å². The van der Waals surface area contributed by atoms with Gasteiger partial charge in [-0.15, -0.1) is 0 Å². The van der Waals surface area contributed by atoms with E-state index in [2.05, 4.69) is 9.97 Å². The lowest BCUT2D eigenvalue weighted by molar-refractivity contribution is 0.415. The Morgan fingerprint density at radius 1 is 1.05 bits per heavy atom. The first-order chi connectivity index (χ1) is 10.3. The van der Waals surface area contributed by atoms with Gasteiger partial charge in [-0.3, -0.25) is 0 Å². The summed E-state index contributed by atoms with van der Waals surface area (Å²) < 4.78 is 5.16. The molecule has 0 radical (unpaired) electrons. The molecule has 0 spiro atoms. The predicted molar refractivity (Wildman–Crippen MR) is 83.0 cm³/mol. The number of nitrogens with one attached hydrogen (secondary N) is 1. The molecule has 3 aromatic rings. The molecule has 1 aromatic heterocycles. The largest absolute Gasteiger partial charge is 0.497 e. The van der Waals surface area contributed by atoms with Crippen LogP contribution in [0.3, 0.4) is 0 Å². The van der Waals surface area contributed by atoms with Crippen LogP contribution in [-0.2, 0) is 0 Å². The van der Waals surface area contributed by atoms with Crippen molar-refractivity contribution in [3.05, 3.63) is 72.2 Å². The number of hydrogen-bond donors (Lipinski definition) is 2. The molecule has 2 aromatic carbocycles. The molecule has 0 saturated heterocycles. The Bertz CT molecular complexity index is 704. The first-order valence-electron chi connectivity index (χ1n) is 6.78. The Balaban J connectivity index is 1.85. The molecule has 1 unspecified atom stereocenters. The minimum atomic E-state index is -0.252. The van der Waals surface area contributed by atoms with Crippen molar-refractivity contribution in [3.63, 3.8) is 0 Å². The zero-order valence-electron chi connectivity index (χ0n) is 11.8. The molecule has 4 heteroatoms. The molecule has 0 saturated carbocycles. The van der Waals surface area contributed by atoms with Crippen LogP contribution in [0.2, 0.25) is 0 Å². The van der Waals surface area contributed by atoms with E-state index in [1.54, 1.807) is 13.3 Å². The molecule has 3 rings (SSSR count). The fraction of sp³-hybridized carbons (Fsp3) is 0.118. The summed E-state index contributed by atoms with van der Waals surface area (Å²) in [5.41, 5.74) is 9.27. The highest BCUT2D eigenvalue weighted by atomic mass is 16.5. The van der Waals surface area contributed by atoms with Gasteiger partial charge in [0.05, 0.1) is 25.0 Å². The number of benzene rings is 2. The minimum absolute atomic E-state index is 0.252. The number of hydrogen-bond acceptors (Lipinski definition) is 3. The molecule has 1 atom stereocenters. The first-order valence-corrected chi connectivity index (χ1v) is 6.78. The number of aromatic amines is 1. The van der Waals surface area contributed by atoms with E-state index in [1.807, 2.05) is 54.6 Å². The van der Waals surface area contributed by atoms with Gasteiger partial charge in [0.15, 0.2) is 0 Å². The van der Waals surface area contributed by atoms with Crippen molar-refractivity contribution in [2.75, 3.05) is 7.11 Å². The van der Waals surface area contributed by atoms with Crippen LogP contribution in [0.15, 0.2) is 60.8 Å². The topological polar surface area (TPSA) is 63.9 Å². The van der Waals surface area contributed by atoms with E-state index in [0.717, 1.165) is 28.4 Å². The molecule has 0 fully saturated rings. The van der Waals surface area contributed by atoms with E-state index >= 15 is 0 Å². The summed E-state index contributed by atoms with van der Waals surface area (Å²) in [6.07, 6.45) is 1.81. The second-order valence-corrected chi connectivity index (χ2v) is 4.80. The van der Waals surface area contributed by atoms with Gasteiger partial charge >= 0.3 is 0 Å². The molecular formula is C17H17N3O. The average molecular weight is 279 g/mol. The van der Waals surface area contributed by atoms with Crippen molar-refractivity contribution in [1.29, 1.82) is 0 Å². The van der Waals surface area contributed by atoms with E-state index in [1.165, 1.54) is 0 Å². The van der Waals surface area contributed by atoms with Crippen LogP contribution in [-0.4, -0.2) is 17.1 Å². The van der Waals surface area contributed by atoms with Crippen LogP contribution < -0.4 is 10.5 Å². The standard InChI is InChI=1S/C17H17N3O/c1-21-14-9-7-12(8-10-14)15-11-19-17(20-15)16(18)13-5-3-2-4-6-13/h2-11,16H,18H2,1H3,(H,19,20). The van der Waals surface area contributed by atoms with Gasteiger partial charge in [0.25, 0.3) is 0 Å². The van der Waals surface area contributed by atoms with E-state index in [0.29, 0.717) is 0 Å². The Morgan fingerprint density at radius 2 is 1.76 bits per heavy atom. The number of H-pyrrole nitrogens is 1. The van der Waals surface area contributed by atoms with Gasteiger partial charge in [0.2, 0.25) is 0 Å². The van der Waals surface area contributed by atoms with Crippen molar-refractivity contribution in [3.8, 4) is 17.0 Å². The zero-order valence-corrected chi connectivity index (χ0v) is 11.8. The number of aromatic nitrogens is 2. The maximum Gasteiger partial charge on any atom is 0.128 e. The first kappa shape index (κ1) is 13.4. The molecule has 1 heterocycles. The fourth-order valence-corrected chi connectivity index (χ4v) is 2.23. The normalized spacial score (nSPS) is 12.1. The molecular weight excluding hydrogens is 262 g/mol. The highest BCUT2D eigenvalue weighted by Gasteiger charge is 2.12. The summed E-state index contributed by atoms with van der Waals surface area (Å²) in [6.45, 7) is 0. The fourth-order valence-electron chi connectivity index (χ4n) is 2.23. The van der Waals surface area contributed by atoms with Gasteiger partial charge in [-0.25, -0.2) is 4.98 Å². The summed E-state index contributed by atoms with van der Waals surface area (Å²) in [4.78, 5) is 7.69. The van der Waals surface area contributed by atoms with Crippen molar-refractivity contribution in [2.45, 2.75) is 6.04 Å². The lowest BCUT2D eigenvalue weighted by Gasteiger charge is -2.08. The Morgan fingerprint density at radius 3 is 2.43 bits per heavy atom. The van der Waals surface area contributed by atoms with E-state index in [9.17, 15) is 0 Å². The van der Waals surface area contributed by atoms with Crippen LogP contribution in [0.1, 0.15) is 17.4 Å². The molecule has 21 heavy (non-hydrogen) atoms. The van der Waals surface area contributed by atoms with Crippen molar-refractivity contribution < 1.29 is 4.74 Å². The van der Waals surface area contributed by atoms with Crippen molar-refractivity contribution >= 4 is 0 Å². The average Bonchev–Trinajstić information content (AvgIpc) is 3.05. The summed E-state index contributed by atoms with van der Waals surface area (Å²) in [7, 11) is 1.65. The molecule has 0 aliphatic carbocycles. The third-order valence-corrected chi connectivity index (χ3v) is 3.45. The molecule has 0 aliphatic rings. The number of methoxy groups -OCH3 is 1. The zero-order chi connectivity index (χ0) is 14.7. The quantitative estimate of drug-likeness (QED) is 0.771. The second kappa shape index (κ2) is 5.81. The monoisotopic (exact) mass is 279 g/mol. The maximum atomic E-state index is 6.24. The molecule has 106 valence electrons. The lowest BCUT2D eigenvalue weighted by Crippen LogP contribution is -2.13. The van der Waals surface area contributed by atoms with Crippen LogP contribution in [0, 0.1) is 0 Å². The molecule has 0 amide bonds. The summed E-state index contributed by atoms with van der Waals surface area (Å²) in [5.74, 6) is 1.59. The summed E-state index contributed by atoms with van der Waals surface area (Å²) >= 11 is 0. The van der Waals surface area contributed by atoms with E-state index in [4.69, 9.17) is 10.5 Å². The maximum absolute atomic E-state index is 6.24. The van der Waals surface area contributed by atoms with Gasteiger partial charge in [-0.05, 0) is 35.4 Å². The highest BCUT2D eigenvalue weighted by Crippen LogP contribution is 2.23. The molecule has 3 N–H and O–H groups in total. The van der Waals surface area contributed by atoms with Crippen LogP contribution in [0.5, 0.6) is 5.75 Å². The Hall–Kier alpha value is -2.59. The van der Waals surface area contributed by atoms with E-state index in [-0.39, 0.29) is 6.04 Å². The minimum Gasteiger partial charge on any atom is -0.497 e. The lowest BCUT2D eigenvalue weighted by atomic mass is 10.1. The van der Waals surface area contributed by atoms with Gasteiger partial charge < -0.3 is 15.5 Å². The van der Waals surface area contributed by atoms with Crippen LogP contribution >= 0.6 is 0 Å². The number of nitrogens with two attached hydrogens (primary N) is 1. The number of ether oxygens (including phenoxy) is 1. The number of nitrogens with zero attached hydrogens (tertiary/aromatic N) is 1. The van der Waals surface area contributed by atoms with Gasteiger partial charge in [-0.2, -0.15) is 0 Å². The van der Waals surface area contributed by atoms with Crippen LogP contribution in [0.25, 0.3) is 11.3 Å². The van der Waals surface area contributed by atoms with Crippen molar-refractivity contribution in [1.82, 2.24) is 9.97 Å². The Kier molecular flexibility index (Phi) is 3.71. The predicted octanol–water partition coefficient (Wildman–Crippen LogP) is 3.13. The summed E-state index contributed by atoms with van der Waals surface area (Å²) in [6, 6.07) is 17.5. The van der Waals surface area contributed by atoms with Crippen LogP contribution in [0.4, 0.5) is 0 Å².